The number of halogens is 1. The molecule has 1 aromatic carbocycles. The summed E-state index contributed by atoms with van der Waals surface area (Å²) in [4.78, 5) is 2.27. The van der Waals surface area contributed by atoms with Crippen molar-refractivity contribution in [2.24, 2.45) is 0 Å². The van der Waals surface area contributed by atoms with Crippen LogP contribution in [0.3, 0.4) is 0 Å². The first-order valence-electron chi connectivity index (χ1n) is 6.00. The van der Waals surface area contributed by atoms with Gasteiger partial charge in [0.05, 0.1) is 0 Å². The van der Waals surface area contributed by atoms with E-state index in [4.69, 9.17) is 23.8 Å². The highest BCUT2D eigenvalue weighted by Crippen LogP contribution is 2.19. The van der Waals surface area contributed by atoms with Gasteiger partial charge in [-0.15, -0.1) is 0 Å². The van der Waals surface area contributed by atoms with Gasteiger partial charge in [0, 0.05) is 23.3 Å². The van der Waals surface area contributed by atoms with E-state index in [0.717, 1.165) is 22.4 Å². The fraction of sp³-hybridized carbons (Fsp3) is 0.462. The minimum atomic E-state index is 0.538. The lowest BCUT2D eigenvalue weighted by molar-refractivity contribution is 0.262. The van der Waals surface area contributed by atoms with Crippen molar-refractivity contribution in [2.45, 2.75) is 32.2 Å². The minimum Gasteiger partial charge on any atom is -0.346 e. The summed E-state index contributed by atoms with van der Waals surface area (Å²) in [5.41, 5.74) is 0.997. The molecule has 1 atom stereocenters. The maximum atomic E-state index is 5.85. The lowest BCUT2D eigenvalue weighted by Crippen LogP contribution is -2.44. The number of anilines is 1. The van der Waals surface area contributed by atoms with E-state index in [1.807, 2.05) is 24.3 Å². The number of likely N-dealkylation sites (tertiary alicyclic amines) is 1. The molecule has 1 N–H and O–H groups in total. The van der Waals surface area contributed by atoms with Crippen molar-refractivity contribution >= 4 is 34.6 Å². The monoisotopic (exact) mass is 268 g/mol. The molecular weight excluding hydrogens is 252 g/mol. The van der Waals surface area contributed by atoms with Gasteiger partial charge in [-0.25, -0.2) is 0 Å². The zero-order valence-electron chi connectivity index (χ0n) is 9.95. The third-order valence-corrected chi connectivity index (χ3v) is 3.75. The Bertz CT molecular complexity index is 391. The van der Waals surface area contributed by atoms with E-state index < -0.39 is 0 Å². The highest BCUT2D eigenvalue weighted by atomic mass is 35.5. The smallest absolute Gasteiger partial charge is 0.173 e. The SMILES string of the molecule is CC1CCCCN1C(=S)Nc1ccc(Cl)cc1. The first kappa shape index (κ1) is 12.7. The van der Waals surface area contributed by atoms with Crippen molar-refractivity contribution in [1.82, 2.24) is 4.90 Å². The van der Waals surface area contributed by atoms with Crippen molar-refractivity contribution in [3.05, 3.63) is 29.3 Å². The average Bonchev–Trinajstić information content (AvgIpc) is 2.32. The zero-order chi connectivity index (χ0) is 12.3. The third-order valence-electron chi connectivity index (χ3n) is 3.16. The molecule has 1 saturated heterocycles. The van der Waals surface area contributed by atoms with E-state index in [0.29, 0.717) is 6.04 Å². The first-order valence-corrected chi connectivity index (χ1v) is 6.78. The van der Waals surface area contributed by atoms with E-state index in [9.17, 15) is 0 Å². The van der Waals surface area contributed by atoms with Crippen LogP contribution in [-0.4, -0.2) is 22.6 Å². The van der Waals surface area contributed by atoms with Crippen LogP contribution in [0.2, 0.25) is 5.02 Å². The van der Waals surface area contributed by atoms with E-state index in [1.54, 1.807) is 0 Å². The summed E-state index contributed by atoms with van der Waals surface area (Å²) in [5.74, 6) is 0. The quantitative estimate of drug-likeness (QED) is 0.778. The van der Waals surface area contributed by atoms with Gasteiger partial charge in [0.1, 0.15) is 0 Å². The molecule has 17 heavy (non-hydrogen) atoms. The highest BCUT2D eigenvalue weighted by Gasteiger charge is 2.20. The molecule has 1 fully saturated rings. The topological polar surface area (TPSA) is 15.3 Å². The molecule has 0 spiro atoms. The lowest BCUT2D eigenvalue weighted by Gasteiger charge is -2.35. The molecule has 1 aliphatic rings. The van der Waals surface area contributed by atoms with Crippen LogP contribution < -0.4 is 5.32 Å². The van der Waals surface area contributed by atoms with Crippen molar-refractivity contribution in [3.63, 3.8) is 0 Å². The maximum absolute atomic E-state index is 5.85. The molecule has 1 aliphatic heterocycles. The summed E-state index contributed by atoms with van der Waals surface area (Å²) in [5, 5.41) is 4.83. The number of thiocarbonyl (C=S) groups is 1. The molecule has 2 rings (SSSR count). The molecule has 4 heteroatoms. The second kappa shape index (κ2) is 5.69. The van der Waals surface area contributed by atoms with Gasteiger partial charge in [-0.3, -0.25) is 0 Å². The molecule has 0 aliphatic carbocycles. The van der Waals surface area contributed by atoms with Crippen LogP contribution >= 0.6 is 23.8 Å². The largest absolute Gasteiger partial charge is 0.346 e. The summed E-state index contributed by atoms with van der Waals surface area (Å²) >= 11 is 11.3. The van der Waals surface area contributed by atoms with Crippen molar-refractivity contribution in [2.75, 3.05) is 11.9 Å². The Balaban J connectivity index is 1.98. The zero-order valence-corrected chi connectivity index (χ0v) is 11.5. The van der Waals surface area contributed by atoms with Gasteiger partial charge in [-0.05, 0) is 62.7 Å². The van der Waals surface area contributed by atoms with Gasteiger partial charge in [0.15, 0.2) is 5.11 Å². The van der Waals surface area contributed by atoms with Crippen LogP contribution in [0.4, 0.5) is 5.69 Å². The van der Waals surface area contributed by atoms with Crippen LogP contribution in [0.25, 0.3) is 0 Å². The molecule has 92 valence electrons. The lowest BCUT2D eigenvalue weighted by atomic mass is 10.0. The average molecular weight is 269 g/mol. The van der Waals surface area contributed by atoms with Crippen molar-refractivity contribution < 1.29 is 0 Å². The summed E-state index contributed by atoms with van der Waals surface area (Å²) in [6, 6.07) is 8.17. The minimum absolute atomic E-state index is 0.538. The van der Waals surface area contributed by atoms with Gasteiger partial charge < -0.3 is 10.2 Å². The Morgan fingerprint density at radius 2 is 2.06 bits per heavy atom. The van der Waals surface area contributed by atoms with Gasteiger partial charge >= 0.3 is 0 Å². The Labute approximate surface area is 113 Å². The van der Waals surface area contributed by atoms with Crippen molar-refractivity contribution in [3.8, 4) is 0 Å². The molecule has 1 unspecified atom stereocenters. The van der Waals surface area contributed by atoms with Gasteiger partial charge in [0.25, 0.3) is 0 Å². The molecular formula is C13H17ClN2S. The molecule has 1 heterocycles. The molecule has 1 aromatic rings. The standard InChI is InChI=1S/C13H17ClN2S/c1-10-4-2-3-9-16(10)13(17)15-12-7-5-11(14)6-8-12/h5-8,10H,2-4,9H2,1H3,(H,15,17). The van der Waals surface area contributed by atoms with E-state index in [2.05, 4.69) is 17.1 Å². The molecule has 2 nitrogen and oxygen atoms in total. The van der Waals surface area contributed by atoms with Crippen LogP contribution in [0.5, 0.6) is 0 Å². The Hall–Kier alpha value is -0.800. The summed E-state index contributed by atoms with van der Waals surface area (Å²) in [7, 11) is 0. The van der Waals surface area contributed by atoms with Gasteiger partial charge in [0.2, 0.25) is 0 Å². The van der Waals surface area contributed by atoms with Gasteiger partial charge in [-0.2, -0.15) is 0 Å². The van der Waals surface area contributed by atoms with Crippen LogP contribution in [0.1, 0.15) is 26.2 Å². The first-order chi connectivity index (χ1) is 8.16. The summed E-state index contributed by atoms with van der Waals surface area (Å²) < 4.78 is 0. The van der Waals surface area contributed by atoms with Crippen LogP contribution in [0, 0.1) is 0 Å². The number of hydrogen-bond donors (Lipinski definition) is 1. The van der Waals surface area contributed by atoms with E-state index in [-0.39, 0.29) is 0 Å². The second-order valence-electron chi connectivity index (χ2n) is 4.48. The van der Waals surface area contributed by atoms with Gasteiger partial charge in [-0.1, -0.05) is 11.6 Å². The summed E-state index contributed by atoms with van der Waals surface area (Å²) in [6.45, 7) is 3.29. The Kier molecular flexibility index (Phi) is 4.24. The van der Waals surface area contributed by atoms with E-state index >= 15 is 0 Å². The highest BCUT2D eigenvalue weighted by molar-refractivity contribution is 7.80. The second-order valence-corrected chi connectivity index (χ2v) is 5.30. The Morgan fingerprint density at radius 3 is 2.71 bits per heavy atom. The molecule has 0 bridgehead atoms. The summed E-state index contributed by atoms with van der Waals surface area (Å²) in [6.07, 6.45) is 3.76. The molecule has 0 saturated carbocycles. The number of rotatable bonds is 1. The third kappa shape index (κ3) is 3.33. The van der Waals surface area contributed by atoms with E-state index in [1.165, 1.54) is 19.3 Å². The maximum Gasteiger partial charge on any atom is 0.173 e. The molecule has 0 aromatic heterocycles. The van der Waals surface area contributed by atoms with Crippen LogP contribution in [-0.2, 0) is 0 Å². The predicted octanol–water partition coefficient (Wildman–Crippen LogP) is 3.91. The fourth-order valence-electron chi connectivity index (χ4n) is 2.13. The normalized spacial score (nSPS) is 20.1. The molecule has 0 radical (unpaired) electrons. The fourth-order valence-corrected chi connectivity index (χ4v) is 2.64. The number of benzene rings is 1. The van der Waals surface area contributed by atoms with Crippen LogP contribution in [0.15, 0.2) is 24.3 Å². The number of hydrogen-bond acceptors (Lipinski definition) is 1. The molecule has 0 amide bonds. The predicted molar refractivity (Wildman–Crippen MR) is 77.7 cm³/mol. The number of nitrogens with one attached hydrogen (secondary N) is 1. The van der Waals surface area contributed by atoms with Crippen molar-refractivity contribution in [1.29, 1.82) is 0 Å². The number of piperidine rings is 1. The number of nitrogens with zero attached hydrogens (tertiary/aromatic N) is 1. The Morgan fingerprint density at radius 1 is 1.35 bits per heavy atom.